The van der Waals surface area contributed by atoms with Gasteiger partial charge in [-0.2, -0.15) is 0 Å². The first-order valence-electron chi connectivity index (χ1n) is 9.18. The zero-order valence-electron chi connectivity index (χ0n) is 15.0. The molecule has 0 bridgehead atoms. The van der Waals surface area contributed by atoms with Gasteiger partial charge in [0.15, 0.2) is 0 Å². The molecule has 4 nitrogen and oxygen atoms in total. The lowest BCUT2D eigenvalue weighted by Gasteiger charge is -2.35. The molecule has 24 heavy (non-hydrogen) atoms. The van der Waals surface area contributed by atoms with E-state index in [-0.39, 0.29) is 17.7 Å². The molecule has 2 amide bonds. The predicted molar refractivity (Wildman–Crippen MR) is 96.0 cm³/mol. The van der Waals surface area contributed by atoms with E-state index in [2.05, 4.69) is 32.9 Å². The van der Waals surface area contributed by atoms with E-state index in [0.717, 1.165) is 25.1 Å². The SMILES string of the molecule is CC(C)c1ccc(N2C[C@@H](C(=O)N3CCCC[C@H]3C)CC2=O)cc1. The monoisotopic (exact) mass is 328 g/mol. The Hall–Kier alpha value is -1.84. The van der Waals surface area contributed by atoms with Crippen molar-refractivity contribution in [2.45, 2.75) is 58.4 Å². The first-order valence-corrected chi connectivity index (χ1v) is 9.18. The molecule has 0 saturated carbocycles. The molecular weight excluding hydrogens is 300 g/mol. The Kier molecular flexibility index (Phi) is 4.93. The number of likely N-dealkylation sites (tertiary alicyclic amines) is 1. The Balaban J connectivity index is 1.70. The molecule has 2 aliphatic heterocycles. The summed E-state index contributed by atoms with van der Waals surface area (Å²) in [5, 5.41) is 0. The Labute approximate surface area is 144 Å². The third-order valence-corrected chi connectivity index (χ3v) is 5.43. The number of anilines is 1. The van der Waals surface area contributed by atoms with E-state index in [9.17, 15) is 9.59 Å². The number of hydrogen-bond acceptors (Lipinski definition) is 2. The fraction of sp³-hybridized carbons (Fsp3) is 0.600. The van der Waals surface area contributed by atoms with Gasteiger partial charge >= 0.3 is 0 Å². The van der Waals surface area contributed by atoms with E-state index < -0.39 is 0 Å². The van der Waals surface area contributed by atoms with Gasteiger partial charge in [-0.1, -0.05) is 26.0 Å². The van der Waals surface area contributed by atoms with Crippen molar-refractivity contribution in [3.63, 3.8) is 0 Å². The number of carbonyl (C=O) groups excluding carboxylic acids is 2. The maximum Gasteiger partial charge on any atom is 0.228 e. The summed E-state index contributed by atoms with van der Waals surface area (Å²) >= 11 is 0. The van der Waals surface area contributed by atoms with Crippen molar-refractivity contribution >= 4 is 17.5 Å². The maximum absolute atomic E-state index is 12.8. The molecule has 2 fully saturated rings. The summed E-state index contributed by atoms with van der Waals surface area (Å²) in [4.78, 5) is 29.0. The Morgan fingerprint density at radius 2 is 1.88 bits per heavy atom. The van der Waals surface area contributed by atoms with Gasteiger partial charge < -0.3 is 9.80 Å². The highest BCUT2D eigenvalue weighted by Crippen LogP contribution is 2.29. The highest BCUT2D eigenvalue weighted by atomic mass is 16.2. The molecule has 0 radical (unpaired) electrons. The van der Waals surface area contributed by atoms with Crippen molar-refractivity contribution in [2.24, 2.45) is 5.92 Å². The van der Waals surface area contributed by atoms with Gasteiger partial charge in [-0.05, 0) is 49.8 Å². The second-order valence-corrected chi connectivity index (χ2v) is 7.53. The Morgan fingerprint density at radius 3 is 2.50 bits per heavy atom. The lowest BCUT2D eigenvalue weighted by Crippen LogP contribution is -2.45. The van der Waals surface area contributed by atoms with Crippen molar-refractivity contribution in [3.05, 3.63) is 29.8 Å². The van der Waals surface area contributed by atoms with Crippen LogP contribution in [0.5, 0.6) is 0 Å². The fourth-order valence-corrected chi connectivity index (χ4v) is 3.82. The van der Waals surface area contributed by atoms with E-state index >= 15 is 0 Å². The van der Waals surface area contributed by atoms with E-state index in [1.807, 2.05) is 17.0 Å². The number of benzene rings is 1. The summed E-state index contributed by atoms with van der Waals surface area (Å²) in [6, 6.07) is 8.47. The minimum atomic E-state index is -0.192. The van der Waals surface area contributed by atoms with Crippen LogP contribution in [0.15, 0.2) is 24.3 Å². The summed E-state index contributed by atoms with van der Waals surface area (Å²) in [7, 11) is 0. The first-order chi connectivity index (χ1) is 11.5. The van der Waals surface area contributed by atoms with E-state index in [1.54, 1.807) is 4.90 Å². The second-order valence-electron chi connectivity index (χ2n) is 7.53. The Bertz CT molecular complexity index is 609. The largest absolute Gasteiger partial charge is 0.340 e. The quantitative estimate of drug-likeness (QED) is 0.851. The minimum absolute atomic E-state index is 0.0651. The lowest BCUT2D eigenvalue weighted by molar-refractivity contribution is -0.139. The van der Waals surface area contributed by atoms with Gasteiger partial charge in [-0.3, -0.25) is 9.59 Å². The van der Waals surface area contributed by atoms with Crippen molar-refractivity contribution in [2.75, 3.05) is 18.0 Å². The van der Waals surface area contributed by atoms with Crippen LogP contribution in [-0.2, 0) is 9.59 Å². The first kappa shape index (κ1) is 17.0. The van der Waals surface area contributed by atoms with Crippen LogP contribution < -0.4 is 4.90 Å². The molecule has 0 spiro atoms. The fourth-order valence-electron chi connectivity index (χ4n) is 3.82. The van der Waals surface area contributed by atoms with Crippen LogP contribution in [0.4, 0.5) is 5.69 Å². The Morgan fingerprint density at radius 1 is 1.17 bits per heavy atom. The number of amides is 2. The van der Waals surface area contributed by atoms with Crippen molar-refractivity contribution in [1.82, 2.24) is 4.90 Å². The number of hydrogen-bond donors (Lipinski definition) is 0. The summed E-state index contributed by atoms with van der Waals surface area (Å²) < 4.78 is 0. The van der Waals surface area contributed by atoms with E-state index in [0.29, 0.717) is 24.9 Å². The zero-order chi connectivity index (χ0) is 17.3. The van der Waals surface area contributed by atoms with E-state index in [1.165, 1.54) is 12.0 Å². The van der Waals surface area contributed by atoms with Crippen molar-refractivity contribution in [1.29, 1.82) is 0 Å². The summed E-state index contributed by atoms with van der Waals surface area (Å²) in [5.74, 6) is 0.512. The topological polar surface area (TPSA) is 40.6 Å². The molecule has 2 heterocycles. The van der Waals surface area contributed by atoms with Crippen LogP contribution in [0.3, 0.4) is 0 Å². The summed E-state index contributed by atoms with van der Waals surface area (Å²) in [6.45, 7) is 7.79. The second kappa shape index (κ2) is 6.96. The molecule has 2 aliphatic rings. The molecule has 3 rings (SSSR count). The molecule has 130 valence electrons. The smallest absolute Gasteiger partial charge is 0.228 e. The van der Waals surface area contributed by atoms with Crippen LogP contribution in [0, 0.1) is 5.92 Å². The third kappa shape index (κ3) is 3.33. The van der Waals surface area contributed by atoms with Gasteiger partial charge in [-0.15, -0.1) is 0 Å². The molecule has 0 aromatic heterocycles. The zero-order valence-corrected chi connectivity index (χ0v) is 15.0. The minimum Gasteiger partial charge on any atom is -0.340 e. The average molecular weight is 328 g/mol. The molecule has 0 aliphatic carbocycles. The number of carbonyl (C=O) groups is 2. The van der Waals surface area contributed by atoms with Gasteiger partial charge in [-0.25, -0.2) is 0 Å². The number of rotatable bonds is 3. The van der Waals surface area contributed by atoms with Gasteiger partial charge in [0.05, 0.1) is 5.92 Å². The molecule has 1 aromatic carbocycles. The third-order valence-electron chi connectivity index (χ3n) is 5.43. The van der Waals surface area contributed by atoms with Crippen LogP contribution in [0.1, 0.15) is 57.9 Å². The molecule has 0 N–H and O–H groups in total. The van der Waals surface area contributed by atoms with Crippen molar-refractivity contribution < 1.29 is 9.59 Å². The molecule has 0 unspecified atom stereocenters. The standard InChI is InChI=1S/C20H28N2O2/c1-14(2)16-7-9-18(10-8-16)22-13-17(12-19(22)23)20(24)21-11-5-4-6-15(21)3/h7-10,14-15,17H,4-6,11-13H2,1-3H3/t15-,17+/m1/s1. The number of piperidine rings is 1. The van der Waals surface area contributed by atoms with Crippen LogP contribution in [-0.4, -0.2) is 35.8 Å². The molecular formula is C20H28N2O2. The molecule has 2 atom stereocenters. The van der Waals surface area contributed by atoms with Gasteiger partial charge in [0.2, 0.25) is 11.8 Å². The maximum atomic E-state index is 12.8. The highest BCUT2D eigenvalue weighted by molar-refractivity contribution is 6.00. The van der Waals surface area contributed by atoms with Gasteiger partial charge in [0, 0.05) is 31.2 Å². The molecule has 1 aromatic rings. The van der Waals surface area contributed by atoms with Crippen LogP contribution in [0.2, 0.25) is 0 Å². The normalized spacial score (nSPS) is 24.8. The van der Waals surface area contributed by atoms with Crippen LogP contribution >= 0.6 is 0 Å². The molecule has 4 heteroatoms. The summed E-state index contributed by atoms with van der Waals surface area (Å²) in [6.07, 6.45) is 3.70. The van der Waals surface area contributed by atoms with Gasteiger partial charge in [0.25, 0.3) is 0 Å². The number of nitrogens with zero attached hydrogens (tertiary/aromatic N) is 2. The van der Waals surface area contributed by atoms with E-state index in [4.69, 9.17) is 0 Å². The summed E-state index contributed by atoms with van der Waals surface area (Å²) in [5.41, 5.74) is 2.17. The molecule has 2 saturated heterocycles. The van der Waals surface area contributed by atoms with Crippen LogP contribution in [0.25, 0.3) is 0 Å². The predicted octanol–water partition coefficient (Wildman–Crippen LogP) is 3.56. The van der Waals surface area contributed by atoms with Gasteiger partial charge in [0.1, 0.15) is 0 Å². The highest BCUT2D eigenvalue weighted by Gasteiger charge is 2.38. The average Bonchev–Trinajstić information content (AvgIpc) is 2.96. The lowest BCUT2D eigenvalue weighted by atomic mass is 9.99. The van der Waals surface area contributed by atoms with Crippen molar-refractivity contribution in [3.8, 4) is 0 Å².